The lowest BCUT2D eigenvalue weighted by atomic mass is 10.2. The standard InChI is InChI=1S/C10H19NO2S/c1-9(2)5-7-14(12,13)11-6-4-10(3)8-11/h4,9H,5-8H2,1-3H3. The van der Waals surface area contributed by atoms with Crippen molar-refractivity contribution in [3.63, 3.8) is 0 Å². The van der Waals surface area contributed by atoms with Gasteiger partial charge in [0, 0.05) is 13.1 Å². The van der Waals surface area contributed by atoms with Gasteiger partial charge in [0.25, 0.3) is 0 Å². The van der Waals surface area contributed by atoms with Gasteiger partial charge < -0.3 is 0 Å². The van der Waals surface area contributed by atoms with E-state index in [-0.39, 0.29) is 5.75 Å². The predicted molar refractivity (Wildman–Crippen MR) is 58.6 cm³/mol. The Morgan fingerprint density at radius 2 is 2.14 bits per heavy atom. The van der Waals surface area contributed by atoms with Gasteiger partial charge in [-0.05, 0) is 19.3 Å². The fourth-order valence-corrected chi connectivity index (χ4v) is 3.12. The van der Waals surface area contributed by atoms with Gasteiger partial charge in [-0.25, -0.2) is 8.42 Å². The van der Waals surface area contributed by atoms with Crippen molar-refractivity contribution in [3.05, 3.63) is 11.6 Å². The van der Waals surface area contributed by atoms with E-state index < -0.39 is 10.0 Å². The highest BCUT2D eigenvalue weighted by Crippen LogP contribution is 2.15. The van der Waals surface area contributed by atoms with E-state index in [0.29, 0.717) is 19.0 Å². The molecule has 3 nitrogen and oxygen atoms in total. The monoisotopic (exact) mass is 217 g/mol. The minimum atomic E-state index is -3.01. The Kier molecular flexibility index (Phi) is 3.72. The molecule has 0 bridgehead atoms. The lowest BCUT2D eigenvalue weighted by molar-refractivity contribution is 0.477. The van der Waals surface area contributed by atoms with E-state index in [1.165, 1.54) is 0 Å². The van der Waals surface area contributed by atoms with E-state index in [4.69, 9.17) is 0 Å². The van der Waals surface area contributed by atoms with Crippen LogP contribution in [-0.2, 0) is 10.0 Å². The zero-order valence-corrected chi connectivity index (χ0v) is 9.97. The van der Waals surface area contributed by atoms with Crippen molar-refractivity contribution in [1.82, 2.24) is 4.31 Å². The van der Waals surface area contributed by atoms with Crippen LogP contribution in [-0.4, -0.2) is 31.6 Å². The molecule has 0 aromatic heterocycles. The molecule has 1 aliphatic heterocycles. The maximum atomic E-state index is 11.8. The second-order valence-electron chi connectivity index (χ2n) is 4.34. The highest BCUT2D eigenvalue weighted by molar-refractivity contribution is 7.89. The van der Waals surface area contributed by atoms with Gasteiger partial charge in [0.15, 0.2) is 0 Å². The average Bonchev–Trinajstić information content (AvgIpc) is 2.49. The van der Waals surface area contributed by atoms with Crippen molar-refractivity contribution in [2.45, 2.75) is 27.2 Å². The molecule has 1 heterocycles. The van der Waals surface area contributed by atoms with Crippen molar-refractivity contribution in [2.24, 2.45) is 5.92 Å². The Hall–Kier alpha value is -0.350. The van der Waals surface area contributed by atoms with Gasteiger partial charge in [0.1, 0.15) is 0 Å². The molecule has 0 aliphatic carbocycles. The summed E-state index contributed by atoms with van der Waals surface area (Å²) in [5.41, 5.74) is 1.15. The normalized spacial score (nSPS) is 19.0. The number of hydrogen-bond acceptors (Lipinski definition) is 2. The van der Waals surface area contributed by atoms with Gasteiger partial charge >= 0.3 is 0 Å². The van der Waals surface area contributed by atoms with E-state index >= 15 is 0 Å². The molecule has 0 saturated heterocycles. The van der Waals surface area contributed by atoms with Gasteiger partial charge in [-0.2, -0.15) is 4.31 Å². The van der Waals surface area contributed by atoms with Crippen LogP contribution < -0.4 is 0 Å². The third-order valence-electron chi connectivity index (χ3n) is 2.42. The molecule has 0 unspecified atom stereocenters. The lowest BCUT2D eigenvalue weighted by Gasteiger charge is -2.16. The molecule has 0 spiro atoms. The fraction of sp³-hybridized carbons (Fsp3) is 0.800. The first kappa shape index (κ1) is 11.7. The van der Waals surface area contributed by atoms with E-state index in [1.54, 1.807) is 4.31 Å². The van der Waals surface area contributed by atoms with Gasteiger partial charge in [-0.1, -0.05) is 25.5 Å². The molecule has 0 fully saturated rings. The molecule has 0 saturated carbocycles. The molecule has 14 heavy (non-hydrogen) atoms. The molecule has 0 aromatic carbocycles. The maximum absolute atomic E-state index is 11.8. The van der Waals surface area contributed by atoms with Crippen molar-refractivity contribution in [3.8, 4) is 0 Å². The quantitative estimate of drug-likeness (QED) is 0.671. The summed E-state index contributed by atoms with van der Waals surface area (Å²) >= 11 is 0. The Labute approximate surface area is 86.8 Å². The highest BCUT2D eigenvalue weighted by atomic mass is 32.2. The summed E-state index contributed by atoms with van der Waals surface area (Å²) in [6, 6.07) is 0. The minimum absolute atomic E-state index is 0.284. The van der Waals surface area contributed by atoms with Gasteiger partial charge in [-0.15, -0.1) is 0 Å². The van der Waals surface area contributed by atoms with Crippen LogP contribution in [0.15, 0.2) is 11.6 Å². The van der Waals surface area contributed by atoms with Crippen LogP contribution in [0.3, 0.4) is 0 Å². The van der Waals surface area contributed by atoms with E-state index in [2.05, 4.69) is 0 Å². The first-order chi connectivity index (χ1) is 6.42. The second-order valence-corrected chi connectivity index (χ2v) is 6.43. The summed E-state index contributed by atoms with van der Waals surface area (Å²) in [5, 5.41) is 0. The predicted octanol–water partition coefficient (Wildman–Crippen LogP) is 1.62. The molecule has 4 heteroatoms. The molecule has 0 radical (unpaired) electrons. The zero-order chi connectivity index (χ0) is 10.8. The summed E-state index contributed by atoms with van der Waals surface area (Å²) < 4.78 is 25.1. The van der Waals surface area contributed by atoms with Crippen LogP contribution in [0.1, 0.15) is 27.2 Å². The maximum Gasteiger partial charge on any atom is 0.214 e. The first-order valence-electron chi connectivity index (χ1n) is 5.05. The van der Waals surface area contributed by atoms with E-state index in [9.17, 15) is 8.42 Å². The highest BCUT2D eigenvalue weighted by Gasteiger charge is 2.24. The Balaban J connectivity index is 2.51. The molecule has 1 aliphatic rings. The number of rotatable bonds is 4. The summed E-state index contributed by atoms with van der Waals surface area (Å²) in [6.07, 6.45) is 2.73. The van der Waals surface area contributed by atoms with E-state index in [0.717, 1.165) is 12.0 Å². The van der Waals surface area contributed by atoms with Crippen molar-refractivity contribution >= 4 is 10.0 Å². The topological polar surface area (TPSA) is 37.4 Å². The minimum Gasteiger partial charge on any atom is -0.212 e. The molecule has 0 aromatic rings. The van der Waals surface area contributed by atoms with Gasteiger partial charge in [-0.3, -0.25) is 0 Å². The molecule has 82 valence electrons. The van der Waals surface area contributed by atoms with Crippen LogP contribution >= 0.6 is 0 Å². The summed E-state index contributed by atoms with van der Waals surface area (Å²) in [6.45, 7) is 7.21. The largest absolute Gasteiger partial charge is 0.214 e. The second kappa shape index (κ2) is 4.45. The Bertz CT molecular complexity index is 317. The average molecular weight is 217 g/mol. The van der Waals surface area contributed by atoms with Crippen molar-refractivity contribution in [1.29, 1.82) is 0 Å². The van der Waals surface area contributed by atoms with Gasteiger partial charge in [0.2, 0.25) is 10.0 Å². The lowest BCUT2D eigenvalue weighted by Crippen LogP contribution is -2.31. The number of hydrogen-bond donors (Lipinski definition) is 0. The van der Waals surface area contributed by atoms with Crippen LogP contribution in [0.2, 0.25) is 0 Å². The van der Waals surface area contributed by atoms with Crippen molar-refractivity contribution in [2.75, 3.05) is 18.8 Å². The van der Waals surface area contributed by atoms with Crippen LogP contribution in [0.4, 0.5) is 0 Å². The first-order valence-corrected chi connectivity index (χ1v) is 6.66. The molecule has 0 atom stereocenters. The summed E-state index contributed by atoms with van der Waals surface area (Å²) in [7, 11) is -3.01. The molecule has 0 amide bonds. The molecular formula is C10H19NO2S. The summed E-state index contributed by atoms with van der Waals surface area (Å²) in [5.74, 6) is 0.729. The zero-order valence-electron chi connectivity index (χ0n) is 9.16. The van der Waals surface area contributed by atoms with Gasteiger partial charge in [0.05, 0.1) is 5.75 Å². The fourth-order valence-electron chi connectivity index (χ4n) is 1.39. The van der Waals surface area contributed by atoms with Crippen LogP contribution in [0.25, 0.3) is 0 Å². The molecule has 1 rings (SSSR count). The van der Waals surface area contributed by atoms with Crippen molar-refractivity contribution < 1.29 is 8.42 Å². The SMILES string of the molecule is CC1=CCN(S(=O)(=O)CCC(C)C)C1. The van der Waals surface area contributed by atoms with Crippen LogP contribution in [0.5, 0.6) is 0 Å². The molecular weight excluding hydrogens is 198 g/mol. The summed E-state index contributed by atoms with van der Waals surface area (Å²) in [4.78, 5) is 0. The third-order valence-corrected chi connectivity index (χ3v) is 4.23. The number of nitrogens with zero attached hydrogens (tertiary/aromatic N) is 1. The molecule has 0 N–H and O–H groups in total. The van der Waals surface area contributed by atoms with Crippen LogP contribution in [0, 0.1) is 5.92 Å². The Morgan fingerprint density at radius 3 is 2.57 bits per heavy atom. The van der Waals surface area contributed by atoms with E-state index in [1.807, 2.05) is 26.8 Å². The third kappa shape index (κ3) is 3.10. The number of sulfonamides is 1. The smallest absolute Gasteiger partial charge is 0.212 e. The Morgan fingerprint density at radius 1 is 1.50 bits per heavy atom.